The molecule has 3 atom stereocenters. The molecule has 108 valence electrons. The highest BCUT2D eigenvalue weighted by Gasteiger charge is 2.57. The van der Waals surface area contributed by atoms with Crippen LogP contribution >= 0.6 is 23.2 Å². The molecular formula is C16H19Cl2NO. The van der Waals surface area contributed by atoms with Gasteiger partial charge in [0.25, 0.3) is 0 Å². The van der Waals surface area contributed by atoms with Crippen LogP contribution in [0.2, 0.25) is 0 Å². The number of amides is 1. The van der Waals surface area contributed by atoms with Crippen LogP contribution in [0.5, 0.6) is 0 Å². The minimum atomic E-state index is 0.157. The van der Waals surface area contributed by atoms with Gasteiger partial charge in [0.15, 0.2) is 0 Å². The smallest absolute Gasteiger partial charge is 0.226 e. The number of carbonyl (C=O) groups is 1. The van der Waals surface area contributed by atoms with E-state index in [1.165, 1.54) is 11.1 Å². The lowest BCUT2D eigenvalue weighted by atomic mass is 9.92. The van der Waals surface area contributed by atoms with Gasteiger partial charge < -0.3 is 4.90 Å². The lowest BCUT2D eigenvalue weighted by Crippen LogP contribution is -2.36. The van der Waals surface area contributed by atoms with E-state index in [4.69, 9.17) is 23.2 Å². The Kier molecular flexibility index (Phi) is 4.23. The van der Waals surface area contributed by atoms with E-state index in [1.54, 1.807) is 0 Å². The third-order valence-corrected chi connectivity index (χ3v) is 4.97. The Labute approximate surface area is 130 Å². The zero-order valence-electron chi connectivity index (χ0n) is 11.4. The Morgan fingerprint density at radius 3 is 2.60 bits per heavy atom. The molecule has 1 aromatic carbocycles. The van der Waals surface area contributed by atoms with Crippen LogP contribution in [0.25, 0.3) is 0 Å². The quantitative estimate of drug-likeness (QED) is 0.764. The lowest BCUT2D eigenvalue weighted by Gasteiger charge is -2.20. The summed E-state index contributed by atoms with van der Waals surface area (Å²) < 4.78 is 0. The molecule has 0 heterocycles. The molecular weight excluding hydrogens is 293 g/mol. The van der Waals surface area contributed by atoms with E-state index >= 15 is 0 Å². The molecule has 1 aromatic rings. The van der Waals surface area contributed by atoms with E-state index in [-0.39, 0.29) is 11.8 Å². The molecule has 1 fully saturated rings. The summed E-state index contributed by atoms with van der Waals surface area (Å²) >= 11 is 11.6. The molecule has 2 aliphatic carbocycles. The van der Waals surface area contributed by atoms with Gasteiger partial charge in [-0.2, -0.15) is 0 Å². The van der Waals surface area contributed by atoms with Crippen LogP contribution in [-0.2, 0) is 11.2 Å². The van der Waals surface area contributed by atoms with Gasteiger partial charge in [0.2, 0.25) is 5.91 Å². The van der Waals surface area contributed by atoms with Crippen LogP contribution in [0.3, 0.4) is 0 Å². The number of nitrogens with zero attached hydrogens (tertiary/aromatic N) is 1. The first kappa shape index (κ1) is 14.2. The predicted molar refractivity (Wildman–Crippen MR) is 82.5 cm³/mol. The first-order valence-corrected chi connectivity index (χ1v) is 8.33. The fourth-order valence-electron chi connectivity index (χ4n) is 3.65. The number of fused-ring (bicyclic) bond motifs is 3. The number of halogens is 2. The molecule has 0 spiro atoms. The Hall–Kier alpha value is -0.730. The second-order valence-electron chi connectivity index (χ2n) is 5.66. The van der Waals surface area contributed by atoms with E-state index in [2.05, 4.69) is 24.3 Å². The second kappa shape index (κ2) is 5.95. The zero-order chi connectivity index (χ0) is 14.1. The summed E-state index contributed by atoms with van der Waals surface area (Å²) in [5.41, 5.74) is 2.81. The molecule has 0 aliphatic heterocycles. The highest BCUT2D eigenvalue weighted by atomic mass is 35.5. The summed E-state index contributed by atoms with van der Waals surface area (Å²) in [5.74, 6) is 2.32. The molecule has 2 aliphatic rings. The van der Waals surface area contributed by atoms with E-state index in [0.717, 1.165) is 12.8 Å². The van der Waals surface area contributed by atoms with Gasteiger partial charge in [0.1, 0.15) is 0 Å². The van der Waals surface area contributed by atoms with Gasteiger partial charge in [-0.25, -0.2) is 0 Å². The van der Waals surface area contributed by atoms with Crippen molar-refractivity contribution in [1.29, 1.82) is 0 Å². The topological polar surface area (TPSA) is 20.3 Å². The maximum atomic E-state index is 12.7. The number of aryl methyl sites for hydroxylation is 1. The van der Waals surface area contributed by atoms with Gasteiger partial charge in [0, 0.05) is 30.8 Å². The third kappa shape index (κ3) is 2.44. The van der Waals surface area contributed by atoms with Crippen molar-refractivity contribution in [1.82, 2.24) is 4.90 Å². The highest BCUT2D eigenvalue weighted by Crippen LogP contribution is 2.60. The Balaban J connectivity index is 1.76. The van der Waals surface area contributed by atoms with Crippen LogP contribution in [0.15, 0.2) is 24.3 Å². The number of hydrogen-bond donors (Lipinski definition) is 0. The third-order valence-electron chi connectivity index (χ3n) is 4.64. The zero-order valence-corrected chi connectivity index (χ0v) is 12.9. The molecule has 3 rings (SSSR count). The first-order chi connectivity index (χ1) is 9.77. The van der Waals surface area contributed by atoms with Crippen LogP contribution in [0.1, 0.15) is 23.5 Å². The fraction of sp³-hybridized carbons (Fsp3) is 0.562. The van der Waals surface area contributed by atoms with Crippen molar-refractivity contribution < 1.29 is 4.79 Å². The molecule has 1 amide bonds. The molecule has 0 radical (unpaired) electrons. The summed E-state index contributed by atoms with van der Waals surface area (Å²) in [6.07, 6.45) is 2.24. The summed E-state index contributed by atoms with van der Waals surface area (Å²) in [5, 5.41) is 0. The van der Waals surface area contributed by atoms with Crippen molar-refractivity contribution in [2.45, 2.75) is 18.8 Å². The average molecular weight is 312 g/mol. The van der Waals surface area contributed by atoms with E-state index in [9.17, 15) is 4.79 Å². The Morgan fingerprint density at radius 1 is 1.20 bits per heavy atom. The van der Waals surface area contributed by atoms with Crippen LogP contribution < -0.4 is 0 Å². The standard InChI is InChI=1S/C16H19Cl2NO/c17-7-9-19(10-8-18)16(20)15-13-6-5-11-3-1-2-4-12(11)14(13)15/h1-4,13-15H,5-10H2. The van der Waals surface area contributed by atoms with Crippen molar-refractivity contribution >= 4 is 29.1 Å². The molecule has 1 saturated carbocycles. The molecule has 0 N–H and O–H groups in total. The number of hydrogen-bond acceptors (Lipinski definition) is 1. The van der Waals surface area contributed by atoms with E-state index in [1.807, 2.05) is 4.90 Å². The molecule has 0 aromatic heterocycles. The maximum absolute atomic E-state index is 12.7. The Morgan fingerprint density at radius 2 is 1.90 bits per heavy atom. The minimum absolute atomic E-state index is 0.157. The number of benzene rings is 1. The molecule has 3 unspecified atom stereocenters. The fourth-order valence-corrected chi connectivity index (χ4v) is 4.06. The minimum Gasteiger partial charge on any atom is -0.340 e. The van der Waals surface area contributed by atoms with E-state index < -0.39 is 0 Å². The normalized spacial score (nSPS) is 26.6. The second-order valence-corrected chi connectivity index (χ2v) is 6.41. The largest absolute Gasteiger partial charge is 0.340 e. The maximum Gasteiger partial charge on any atom is 0.226 e. The van der Waals surface area contributed by atoms with Gasteiger partial charge in [-0.3, -0.25) is 4.79 Å². The summed E-state index contributed by atoms with van der Waals surface area (Å²) in [4.78, 5) is 14.5. The molecule has 2 nitrogen and oxygen atoms in total. The monoisotopic (exact) mass is 311 g/mol. The highest BCUT2D eigenvalue weighted by molar-refractivity contribution is 6.18. The van der Waals surface area contributed by atoms with Crippen molar-refractivity contribution in [3.63, 3.8) is 0 Å². The van der Waals surface area contributed by atoms with Gasteiger partial charge in [-0.05, 0) is 35.8 Å². The Bertz CT molecular complexity index is 499. The molecule has 4 heteroatoms. The van der Waals surface area contributed by atoms with Crippen LogP contribution in [-0.4, -0.2) is 35.7 Å². The van der Waals surface area contributed by atoms with Crippen molar-refractivity contribution in [3.05, 3.63) is 35.4 Å². The molecule has 0 saturated heterocycles. The van der Waals surface area contributed by atoms with Crippen molar-refractivity contribution in [3.8, 4) is 0 Å². The van der Waals surface area contributed by atoms with Crippen molar-refractivity contribution in [2.75, 3.05) is 24.8 Å². The molecule has 20 heavy (non-hydrogen) atoms. The van der Waals surface area contributed by atoms with Crippen molar-refractivity contribution in [2.24, 2.45) is 11.8 Å². The summed E-state index contributed by atoms with van der Waals surface area (Å²) in [7, 11) is 0. The SMILES string of the molecule is O=C(C1C2CCc3ccccc3C21)N(CCCl)CCCl. The number of rotatable bonds is 5. The summed E-state index contributed by atoms with van der Waals surface area (Å²) in [6.45, 7) is 1.20. The van der Waals surface area contributed by atoms with Crippen LogP contribution in [0, 0.1) is 11.8 Å². The number of alkyl halides is 2. The van der Waals surface area contributed by atoms with Gasteiger partial charge in [0.05, 0.1) is 0 Å². The summed E-state index contributed by atoms with van der Waals surface area (Å²) in [6, 6.07) is 8.55. The lowest BCUT2D eigenvalue weighted by molar-refractivity contribution is -0.132. The average Bonchev–Trinajstić information content (AvgIpc) is 3.21. The van der Waals surface area contributed by atoms with Gasteiger partial charge >= 0.3 is 0 Å². The molecule has 0 bridgehead atoms. The number of carbonyl (C=O) groups excluding carboxylic acids is 1. The van der Waals surface area contributed by atoms with Gasteiger partial charge in [-0.15, -0.1) is 23.2 Å². The van der Waals surface area contributed by atoms with Crippen LogP contribution in [0.4, 0.5) is 0 Å². The predicted octanol–water partition coefficient (Wildman–Crippen LogP) is 3.27. The van der Waals surface area contributed by atoms with E-state index in [0.29, 0.717) is 36.7 Å². The van der Waals surface area contributed by atoms with Gasteiger partial charge in [-0.1, -0.05) is 24.3 Å². The first-order valence-electron chi connectivity index (χ1n) is 7.26.